The summed E-state index contributed by atoms with van der Waals surface area (Å²) in [6.45, 7) is 2.88. The predicted octanol–water partition coefficient (Wildman–Crippen LogP) is 3.16. The van der Waals surface area contributed by atoms with Gasteiger partial charge in [-0.2, -0.15) is 4.98 Å². The summed E-state index contributed by atoms with van der Waals surface area (Å²) >= 11 is 5.92. The van der Waals surface area contributed by atoms with Gasteiger partial charge in [-0.25, -0.2) is 9.07 Å². The van der Waals surface area contributed by atoms with Crippen molar-refractivity contribution in [2.24, 2.45) is 0 Å². The molecule has 3 heterocycles. The van der Waals surface area contributed by atoms with Crippen LogP contribution in [0.2, 0.25) is 5.02 Å². The largest absolute Gasteiger partial charge is 0.336 e. The first-order valence-corrected chi connectivity index (χ1v) is 9.42. The summed E-state index contributed by atoms with van der Waals surface area (Å²) in [6.07, 6.45) is 3.99. The van der Waals surface area contributed by atoms with Gasteiger partial charge in [0.25, 0.3) is 11.8 Å². The van der Waals surface area contributed by atoms with E-state index in [1.165, 1.54) is 18.2 Å². The molecule has 10 heteroatoms. The molecule has 0 bridgehead atoms. The van der Waals surface area contributed by atoms with Gasteiger partial charge in [0.2, 0.25) is 0 Å². The van der Waals surface area contributed by atoms with Crippen molar-refractivity contribution in [2.75, 3.05) is 13.1 Å². The molecule has 4 rings (SSSR count). The Labute approximate surface area is 165 Å². The van der Waals surface area contributed by atoms with Crippen LogP contribution in [0.1, 0.15) is 42.0 Å². The van der Waals surface area contributed by atoms with Gasteiger partial charge in [-0.15, -0.1) is 5.10 Å². The number of aryl methyl sites for hydroxylation is 1. The second kappa shape index (κ2) is 7.67. The Morgan fingerprint density at radius 1 is 1.43 bits per heavy atom. The molecule has 1 saturated heterocycles. The Kier molecular flexibility index (Phi) is 5.08. The molecule has 3 aromatic rings. The number of hydrogen-bond acceptors (Lipinski definition) is 6. The van der Waals surface area contributed by atoms with Gasteiger partial charge >= 0.3 is 0 Å². The number of piperidine rings is 1. The summed E-state index contributed by atoms with van der Waals surface area (Å²) in [7, 11) is 0. The normalized spacial score (nSPS) is 17.1. The minimum absolute atomic E-state index is 0.0228. The zero-order chi connectivity index (χ0) is 19.7. The number of carbonyl (C=O) groups excluding carboxylic acids is 1. The van der Waals surface area contributed by atoms with Crippen LogP contribution in [0.15, 0.2) is 28.9 Å². The zero-order valence-corrected chi connectivity index (χ0v) is 15.9. The Morgan fingerprint density at radius 2 is 2.29 bits per heavy atom. The van der Waals surface area contributed by atoms with Crippen molar-refractivity contribution in [3.8, 4) is 11.6 Å². The summed E-state index contributed by atoms with van der Waals surface area (Å²) in [4.78, 5) is 18.6. The average molecular weight is 405 g/mol. The lowest BCUT2D eigenvalue weighted by atomic mass is 10.0. The van der Waals surface area contributed by atoms with Crippen LogP contribution in [0.25, 0.3) is 11.6 Å². The number of aromatic nitrogens is 5. The molecule has 1 amide bonds. The van der Waals surface area contributed by atoms with E-state index in [4.69, 9.17) is 16.1 Å². The zero-order valence-electron chi connectivity index (χ0n) is 15.2. The smallest absolute Gasteiger partial charge is 0.280 e. The maximum atomic E-state index is 14.1. The molecule has 1 atom stereocenters. The first-order chi connectivity index (χ1) is 13.5. The molecule has 0 N–H and O–H groups in total. The van der Waals surface area contributed by atoms with Gasteiger partial charge in [0.05, 0.1) is 17.8 Å². The summed E-state index contributed by atoms with van der Waals surface area (Å²) in [5, 5.41) is 12.4. The number of halogens is 2. The molecule has 8 nitrogen and oxygen atoms in total. The molecule has 0 saturated carbocycles. The third kappa shape index (κ3) is 3.62. The van der Waals surface area contributed by atoms with E-state index < -0.39 is 5.82 Å². The molecule has 0 radical (unpaired) electrons. The Balaban J connectivity index is 1.51. The lowest BCUT2D eigenvalue weighted by Gasteiger charge is -2.32. The molecule has 0 spiro atoms. The maximum Gasteiger partial charge on any atom is 0.280 e. The highest BCUT2D eigenvalue weighted by atomic mass is 35.5. The molecule has 28 heavy (non-hydrogen) atoms. The Bertz CT molecular complexity index is 1000. The monoisotopic (exact) mass is 404 g/mol. The van der Waals surface area contributed by atoms with Crippen molar-refractivity contribution < 1.29 is 13.7 Å². The van der Waals surface area contributed by atoms with Crippen molar-refractivity contribution in [2.45, 2.75) is 32.2 Å². The maximum absolute atomic E-state index is 14.1. The van der Waals surface area contributed by atoms with E-state index in [1.807, 2.05) is 6.92 Å². The van der Waals surface area contributed by atoms with Gasteiger partial charge in [-0.3, -0.25) is 4.79 Å². The average Bonchev–Trinajstić information content (AvgIpc) is 3.38. The van der Waals surface area contributed by atoms with Gasteiger partial charge < -0.3 is 9.42 Å². The highest BCUT2D eigenvalue weighted by Crippen LogP contribution is 2.25. The predicted molar refractivity (Wildman–Crippen MR) is 98.3 cm³/mol. The van der Waals surface area contributed by atoms with Crippen LogP contribution >= 0.6 is 11.6 Å². The molecule has 1 aliphatic heterocycles. The quantitative estimate of drug-likeness (QED) is 0.663. The SMILES string of the molecule is CCc1noc(-c2cn(C3CCCN(C(=O)c4cc(Cl)ccc4F)C3)nn2)n1. The van der Waals surface area contributed by atoms with Crippen LogP contribution in [0.4, 0.5) is 4.39 Å². The molecule has 1 aliphatic rings. The minimum atomic E-state index is -0.581. The van der Waals surface area contributed by atoms with E-state index in [1.54, 1.807) is 15.8 Å². The van der Waals surface area contributed by atoms with Gasteiger partial charge in [-0.05, 0) is 31.0 Å². The summed E-state index contributed by atoms with van der Waals surface area (Å²) in [6, 6.07) is 3.91. The standard InChI is InChI=1S/C18H18ClFN6O2/c1-2-16-21-17(28-23-16)15-10-26(24-22-15)12-4-3-7-25(9-12)18(27)13-8-11(19)5-6-14(13)20/h5-6,8,10,12H,2-4,7,9H2,1H3. The molecule has 146 valence electrons. The molecule has 1 aromatic carbocycles. The molecule has 2 aromatic heterocycles. The lowest BCUT2D eigenvalue weighted by molar-refractivity contribution is 0.0667. The molecular weight excluding hydrogens is 387 g/mol. The van der Waals surface area contributed by atoms with Crippen LogP contribution in [-0.2, 0) is 6.42 Å². The van der Waals surface area contributed by atoms with E-state index in [2.05, 4.69) is 20.5 Å². The summed E-state index contributed by atoms with van der Waals surface area (Å²) < 4.78 is 20.9. The van der Waals surface area contributed by atoms with Gasteiger partial charge in [-0.1, -0.05) is 28.9 Å². The fourth-order valence-corrected chi connectivity index (χ4v) is 3.41. The van der Waals surface area contributed by atoms with E-state index in [-0.39, 0.29) is 17.5 Å². The van der Waals surface area contributed by atoms with Crippen molar-refractivity contribution in [3.63, 3.8) is 0 Å². The highest BCUT2D eigenvalue weighted by Gasteiger charge is 2.28. The van der Waals surface area contributed by atoms with Gasteiger partial charge in [0.1, 0.15) is 5.82 Å². The number of rotatable bonds is 4. The number of likely N-dealkylation sites (tertiary alicyclic amines) is 1. The first kappa shape index (κ1) is 18.5. The number of carbonyl (C=O) groups is 1. The molecule has 1 unspecified atom stereocenters. The topological polar surface area (TPSA) is 89.9 Å². The first-order valence-electron chi connectivity index (χ1n) is 9.04. The van der Waals surface area contributed by atoms with Gasteiger partial charge in [0.15, 0.2) is 11.5 Å². The third-order valence-corrected chi connectivity index (χ3v) is 4.97. The summed E-state index contributed by atoms with van der Waals surface area (Å²) in [5.74, 6) is -0.0485. The fourth-order valence-electron chi connectivity index (χ4n) is 3.24. The van der Waals surface area contributed by atoms with Crippen LogP contribution in [0, 0.1) is 5.82 Å². The van der Waals surface area contributed by atoms with E-state index in [0.717, 1.165) is 12.8 Å². The number of amides is 1. The third-order valence-electron chi connectivity index (χ3n) is 4.73. The van der Waals surface area contributed by atoms with Crippen molar-refractivity contribution >= 4 is 17.5 Å². The Hall–Kier alpha value is -2.81. The van der Waals surface area contributed by atoms with E-state index >= 15 is 0 Å². The summed E-state index contributed by atoms with van der Waals surface area (Å²) in [5.41, 5.74) is 0.460. The van der Waals surface area contributed by atoms with Crippen molar-refractivity contribution in [3.05, 3.63) is 46.6 Å². The van der Waals surface area contributed by atoms with Crippen molar-refractivity contribution in [1.82, 2.24) is 30.0 Å². The van der Waals surface area contributed by atoms with E-state index in [0.29, 0.717) is 41.9 Å². The fraction of sp³-hybridized carbons (Fsp3) is 0.389. The number of hydrogen-bond donors (Lipinski definition) is 0. The second-order valence-electron chi connectivity index (χ2n) is 6.62. The van der Waals surface area contributed by atoms with Crippen LogP contribution in [0.3, 0.4) is 0 Å². The molecule has 1 fully saturated rings. The minimum Gasteiger partial charge on any atom is -0.336 e. The second-order valence-corrected chi connectivity index (χ2v) is 7.06. The van der Waals surface area contributed by atoms with E-state index in [9.17, 15) is 9.18 Å². The Morgan fingerprint density at radius 3 is 3.07 bits per heavy atom. The molecule has 0 aliphatic carbocycles. The number of benzene rings is 1. The molecular formula is C18H18ClFN6O2. The highest BCUT2D eigenvalue weighted by molar-refractivity contribution is 6.31. The number of nitrogens with zero attached hydrogens (tertiary/aromatic N) is 6. The van der Waals surface area contributed by atoms with Crippen LogP contribution in [0.5, 0.6) is 0 Å². The van der Waals surface area contributed by atoms with Crippen LogP contribution in [-0.4, -0.2) is 49.0 Å². The van der Waals surface area contributed by atoms with Crippen molar-refractivity contribution in [1.29, 1.82) is 0 Å². The van der Waals surface area contributed by atoms with Crippen LogP contribution < -0.4 is 0 Å². The van der Waals surface area contributed by atoms with Gasteiger partial charge in [0, 0.05) is 24.5 Å². The lowest BCUT2D eigenvalue weighted by Crippen LogP contribution is -2.41.